The molecule has 0 fully saturated rings. The van der Waals surface area contributed by atoms with Crippen LogP contribution in [0.15, 0.2) is 24.3 Å². The van der Waals surface area contributed by atoms with E-state index in [1.165, 1.54) is 0 Å². The van der Waals surface area contributed by atoms with Gasteiger partial charge >= 0.3 is 0 Å². The molecule has 0 bridgehead atoms. The molecule has 0 aliphatic rings. The van der Waals surface area contributed by atoms with Gasteiger partial charge in [-0.25, -0.2) is 13.1 Å². The molecule has 0 saturated carbocycles. The molecular formula is C14H22N2O3S. The number of nitrogens with one attached hydrogen (secondary N) is 2. The van der Waals surface area contributed by atoms with E-state index in [4.69, 9.17) is 0 Å². The molecule has 6 heteroatoms. The number of sulfonamides is 1. The van der Waals surface area contributed by atoms with E-state index in [-0.39, 0.29) is 24.7 Å². The van der Waals surface area contributed by atoms with Gasteiger partial charge in [0.05, 0.1) is 5.75 Å². The maximum atomic E-state index is 11.8. The summed E-state index contributed by atoms with van der Waals surface area (Å²) < 4.78 is 25.5. The van der Waals surface area contributed by atoms with Crippen molar-refractivity contribution in [3.05, 3.63) is 35.4 Å². The second-order valence-electron chi connectivity index (χ2n) is 4.69. The lowest BCUT2D eigenvalue weighted by Gasteiger charge is -2.08. The van der Waals surface area contributed by atoms with E-state index in [2.05, 4.69) is 10.0 Å². The minimum Gasteiger partial charge on any atom is -0.351 e. The smallest absolute Gasteiger partial charge is 0.251 e. The topological polar surface area (TPSA) is 75.3 Å². The van der Waals surface area contributed by atoms with Crippen molar-refractivity contribution in [3.8, 4) is 0 Å². The molecular weight excluding hydrogens is 276 g/mol. The Labute approximate surface area is 120 Å². The van der Waals surface area contributed by atoms with Crippen LogP contribution in [-0.4, -0.2) is 33.2 Å². The van der Waals surface area contributed by atoms with Crippen LogP contribution in [0, 0.1) is 6.92 Å². The fourth-order valence-corrected chi connectivity index (χ4v) is 2.82. The van der Waals surface area contributed by atoms with E-state index in [1.807, 2.05) is 26.0 Å². The summed E-state index contributed by atoms with van der Waals surface area (Å²) in [6.07, 6.45) is 1.48. The van der Waals surface area contributed by atoms with Gasteiger partial charge < -0.3 is 5.32 Å². The SMILES string of the molecule is CCCCS(=O)(=O)NCCNC(=O)c1ccc(C)cc1. The first-order valence-corrected chi connectivity index (χ1v) is 8.42. The number of carbonyl (C=O) groups excluding carboxylic acids is 1. The van der Waals surface area contributed by atoms with Gasteiger partial charge in [0.1, 0.15) is 0 Å². The molecule has 0 saturated heterocycles. The normalized spacial score (nSPS) is 11.3. The van der Waals surface area contributed by atoms with Crippen molar-refractivity contribution in [2.75, 3.05) is 18.8 Å². The lowest BCUT2D eigenvalue weighted by Crippen LogP contribution is -2.35. The number of amides is 1. The molecule has 5 nitrogen and oxygen atoms in total. The number of unbranched alkanes of at least 4 members (excludes halogenated alkanes) is 1. The van der Waals surface area contributed by atoms with Gasteiger partial charge in [0, 0.05) is 18.7 Å². The fourth-order valence-electron chi connectivity index (χ4n) is 1.60. The van der Waals surface area contributed by atoms with Gasteiger partial charge in [0.2, 0.25) is 10.0 Å². The molecule has 0 aliphatic heterocycles. The first-order chi connectivity index (χ1) is 9.44. The van der Waals surface area contributed by atoms with Crippen LogP contribution in [-0.2, 0) is 10.0 Å². The summed E-state index contributed by atoms with van der Waals surface area (Å²) in [4.78, 5) is 11.8. The van der Waals surface area contributed by atoms with Crippen molar-refractivity contribution in [1.29, 1.82) is 0 Å². The number of rotatable bonds is 8. The summed E-state index contributed by atoms with van der Waals surface area (Å²) in [5.41, 5.74) is 1.66. The molecule has 1 amide bonds. The number of carbonyl (C=O) groups is 1. The van der Waals surface area contributed by atoms with Gasteiger partial charge in [-0.1, -0.05) is 31.0 Å². The number of benzene rings is 1. The van der Waals surface area contributed by atoms with E-state index in [0.29, 0.717) is 12.0 Å². The van der Waals surface area contributed by atoms with Gasteiger partial charge in [-0.3, -0.25) is 4.79 Å². The molecule has 0 aromatic heterocycles. The predicted molar refractivity (Wildman–Crippen MR) is 80.2 cm³/mol. The Morgan fingerprint density at radius 3 is 2.40 bits per heavy atom. The maximum absolute atomic E-state index is 11.8. The van der Waals surface area contributed by atoms with Crippen LogP contribution in [0.25, 0.3) is 0 Å². The summed E-state index contributed by atoms with van der Waals surface area (Å²) in [5.74, 6) is -0.0622. The van der Waals surface area contributed by atoms with Crippen LogP contribution < -0.4 is 10.0 Å². The molecule has 0 atom stereocenters. The van der Waals surface area contributed by atoms with E-state index >= 15 is 0 Å². The van der Waals surface area contributed by atoms with E-state index in [0.717, 1.165) is 12.0 Å². The third-order valence-corrected chi connectivity index (χ3v) is 4.28. The Bertz CT molecular complexity index is 524. The summed E-state index contributed by atoms with van der Waals surface area (Å²) in [6.45, 7) is 4.38. The van der Waals surface area contributed by atoms with E-state index in [9.17, 15) is 13.2 Å². The van der Waals surface area contributed by atoms with Crippen molar-refractivity contribution in [2.24, 2.45) is 0 Å². The highest BCUT2D eigenvalue weighted by molar-refractivity contribution is 7.89. The second kappa shape index (κ2) is 8.01. The van der Waals surface area contributed by atoms with Crippen LogP contribution in [0.2, 0.25) is 0 Å². The first kappa shape index (κ1) is 16.7. The van der Waals surface area contributed by atoms with E-state index in [1.54, 1.807) is 12.1 Å². The molecule has 2 N–H and O–H groups in total. The van der Waals surface area contributed by atoms with Crippen LogP contribution >= 0.6 is 0 Å². The maximum Gasteiger partial charge on any atom is 0.251 e. The summed E-state index contributed by atoms with van der Waals surface area (Å²) in [7, 11) is -3.21. The monoisotopic (exact) mass is 298 g/mol. The third kappa shape index (κ3) is 6.16. The van der Waals surface area contributed by atoms with Gasteiger partial charge in [0.25, 0.3) is 5.91 Å². The largest absolute Gasteiger partial charge is 0.351 e. The van der Waals surface area contributed by atoms with Gasteiger partial charge in [-0.2, -0.15) is 0 Å². The van der Waals surface area contributed by atoms with Crippen LogP contribution in [0.3, 0.4) is 0 Å². The number of hydrogen-bond donors (Lipinski definition) is 2. The van der Waals surface area contributed by atoms with Crippen molar-refractivity contribution >= 4 is 15.9 Å². The molecule has 0 radical (unpaired) electrons. The third-order valence-electron chi connectivity index (χ3n) is 2.81. The Kier molecular flexibility index (Phi) is 6.67. The highest BCUT2D eigenvalue weighted by Crippen LogP contribution is 2.02. The standard InChI is InChI=1S/C14H22N2O3S/c1-3-4-11-20(18,19)16-10-9-15-14(17)13-7-5-12(2)6-8-13/h5-8,16H,3-4,9-11H2,1-2H3,(H,15,17). The van der Waals surface area contributed by atoms with Crippen molar-refractivity contribution in [3.63, 3.8) is 0 Å². The molecule has 0 aliphatic carbocycles. The zero-order chi connectivity index (χ0) is 15.0. The number of aryl methyl sites for hydroxylation is 1. The summed E-state index contributed by atoms with van der Waals surface area (Å²) in [6, 6.07) is 7.22. The zero-order valence-electron chi connectivity index (χ0n) is 12.0. The van der Waals surface area contributed by atoms with Crippen LogP contribution in [0.4, 0.5) is 0 Å². The molecule has 0 unspecified atom stereocenters. The summed E-state index contributed by atoms with van der Waals surface area (Å²) in [5, 5.41) is 2.68. The van der Waals surface area contributed by atoms with Gasteiger partial charge in [-0.15, -0.1) is 0 Å². The Morgan fingerprint density at radius 2 is 1.80 bits per heavy atom. The van der Waals surface area contributed by atoms with E-state index < -0.39 is 10.0 Å². The highest BCUT2D eigenvalue weighted by Gasteiger charge is 2.09. The average Bonchev–Trinajstić information content (AvgIpc) is 2.42. The Morgan fingerprint density at radius 1 is 1.15 bits per heavy atom. The van der Waals surface area contributed by atoms with Crippen molar-refractivity contribution < 1.29 is 13.2 Å². The first-order valence-electron chi connectivity index (χ1n) is 6.77. The van der Waals surface area contributed by atoms with Gasteiger partial charge in [0.15, 0.2) is 0 Å². The molecule has 1 aromatic rings. The lowest BCUT2D eigenvalue weighted by atomic mass is 10.1. The predicted octanol–water partition coefficient (Wildman–Crippen LogP) is 1.44. The van der Waals surface area contributed by atoms with Crippen LogP contribution in [0.5, 0.6) is 0 Å². The Balaban J connectivity index is 2.30. The Hall–Kier alpha value is -1.40. The van der Waals surface area contributed by atoms with Crippen LogP contribution in [0.1, 0.15) is 35.7 Å². The summed E-state index contributed by atoms with van der Waals surface area (Å²) >= 11 is 0. The molecule has 0 heterocycles. The molecule has 1 aromatic carbocycles. The minimum atomic E-state index is -3.21. The molecule has 1 rings (SSSR count). The molecule has 20 heavy (non-hydrogen) atoms. The van der Waals surface area contributed by atoms with Crippen molar-refractivity contribution in [2.45, 2.75) is 26.7 Å². The lowest BCUT2D eigenvalue weighted by molar-refractivity contribution is 0.0954. The minimum absolute atomic E-state index is 0.134. The highest BCUT2D eigenvalue weighted by atomic mass is 32.2. The molecule has 112 valence electrons. The quantitative estimate of drug-likeness (QED) is 0.713. The molecule has 0 spiro atoms. The number of hydrogen-bond acceptors (Lipinski definition) is 3. The fraction of sp³-hybridized carbons (Fsp3) is 0.500. The van der Waals surface area contributed by atoms with Crippen molar-refractivity contribution in [1.82, 2.24) is 10.0 Å². The second-order valence-corrected chi connectivity index (χ2v) is 6.62. The average molecular weight is 298 g/mol. The van der Waals surface area contributed by atoms with Gasteiger partial charge in [-0.05, 0) is 25.5 Å². The zero-order valence-corrected chi connectivity index (χ0v) is 12.8.